The van der Waals surface area contributed by atoms with Gasteiger partial charge in [0, 0.05) is 42.6 Å². The number of sulfone groups is 1. The van der Waals surface area contributed by atoms with Crippen molar-refractivity contribution < 1.29 is 36.5 Å². The molecule has 2 saturated heterocycles. The predicted molar refractivity (Wildman–Crippen MR) is 167 cm³/mol. The largest absolute Gasteiger partial charge is 0.491 e. The van der Waals surface area contributed by atoms with Gasteiger partial charge in [0.25, 0.3) is 0 Å². The maximum Gasteiger partial charge on any atom is 0.248 e. The highest BCUT2D eigenvalue weighted by atomic mass is 32.2. The third kappa shape index (κ3) is 6.29. The van der Waals surface area contributed by atoms with Crippen LogP contribution in [-0.2, 0) is 24.6 Å². The molecule has 1 spiro atoms. The number of hydrogen-bond acceptors (Lipinski definition) is 10. The van der Waals surface area contributed by atoms with E-state index in [1.807, 2.05) is 0 Å². The number of fused-ring (bicyclic) bond motifs is 1. The molecule has 45 heavy (non-hydrogen) atoms. The summed E-state index contributed by atoms with van der Waals surface area (Å²) in [4.78, 5) is 14.8. The number of ether oxygens (including phenoxy) is 2. The van der Waals surface area contributed by atoms with Crippen LogP contribution in [0.4, 0.5) is 0 Å². The van der Waals surface area contributed by atoms with E-state index in [2.05, 4.69) is 10.3 Å². The lowest BCUT2D eigenvalue weighted by atomic mass is 9.88. The predicted octanol–water partition coefficient (Wildman–Crippen LogP) is 1.48. The van der Waals surface area contributed by atoms with E-state index in [-0.39, 0.29) is 34.5 Å². The van der Waals surface area contributed by atoms with Crippen molar-refractivity contribution in [2.45, 2.75) is 71.3 Å². The van der Waals surface area contributed by atoms with E-state index >= 15 is 0 Å². The lowest BCUT2D eigenvalue weighted by Gasteiger charge is -2.38. The van der Waals surface area contributed by atoms with Crippen LogP contribution in [0.25, 0.3) is 10.9 Å². The summed E-state index contributed by atoms with van der Waals surface area (Å²) >= 11 is 0. The number of aromatic amines is 1. The summed E-state index contributed by atoms with van der Waals surface area (Å²) in [5.41, 5.74) is 0.634. The zero-order chi connectivity index (χ0) is 32.0. The maximum atomic E-state index is 13.5. The van der Waals surface area contributed by atoms with Crippen LogP contribution in [0.3, 0.4) is 0 Å². The van der Waals surface area contributed by atoms with E-state index in [9.17, 15) is 31.8 Å². The molecular formula is C31H39N3O9S2. The van der Waals surface area contributed by atoms with Crippen molar-refractivity contribution in [3.63, 3.8) is 0 Å². The average Bonchev–Trinajstić information content (AvgIpc) is 3.75. The Morgan fingerprint density at radius 3 is 2.53 bits per heavy atom. The second-order valence-electron chi connectivity index (χ2n) is 12.5. The first kappa shape index (κ1) is 32.1. The van der Waals surface area contributed by atoms with Gasteiger partial charge in [-0.25, -0.2) is 16.8 Å². The highest BCUT2D eigenvalue weighted by Gasteiger charge is 2.54. The summed E-state index contributed by atoms with van der Waals surface area (Å²) < 4.78 is 65.0. The molecule has 244 valence electrons. The Labute approximate surface area is 262 Å². The minimum absolute atomic E-state index is 0.0184. The van der Waals surface area contributed by atoms with Crippen molar-refractivity contribution in [3.05, 3.63) is 64.4 Å². The van der Waals surface area contributed by atoms with Gasteiger partial charge in [0.2, 0.25) is 15.6 Å². The van der Waals surface area contributed by atoms with Crippen LogP contribution in [0.1, 0.15) is 37.7 Å². The van der Waals surface area contributed by atoms with Gasteiger partial charge in [-0.3, -0.25) is 4.79 Å². The SMILES string of the molecule is Cc1cc(=O)[nH]c2ccc(S(=O)(=O)N3CCC4(CC3)CC(NCC(O)COc3cccc(S(=O)(=O)C5(CO)CC5)c3)CO4)cc12. The molecule has 3 fully saturated rings. The molecule has 4 N–H and O–H groups in total. The molecule has 1 aromatic heterocycles. The number of nitrogens with one attached hydrogen (secondary N) is 2. The van der Waals surface area contributed by atoms with Crippen molar-refractivity contribution in [1.29, 1.82) is 0 Å². The van der Waals surface area contributed by atoms with E-state index in [0.717, 1.165) is 0 Å². The molecule has 12 nitrogen and oxygen atoms in total. The van der Waals surface area contributed by atoms with Gasteiger partial charge in [-0.1, -0.05) is 6.07 Å². The number of piperidine rings is 1. The van der Waals surface area contributed by atoms with E-state index in [4.69, 9.17) is 9.47 Å². The van der Waals surface area contributed by atoms with Crippen molar-refractivity contribution >= 4 is 30.8 Å². The van der Waals surface area contributed by atoms with Gasteiger partial charge in [0.15, 0.2) is 9.84 Å². The molecule has 14 heteroatoms. The van der Waals surface area contributed by atoms with Crippen LogP contribution in [0.15, 0.2) is 63.1 Å². The Bertz CT molecular complexity index is 1850. The fourth-order valence-corrected chi connectivity index (χ4v) is 9.66. The molecule has 1 saturated carbocycles. The summed E-state index contributed by atoms with van der Waals surface area (Å²) in [6, 6.07) is 12.3. The third-order valence-electron chi connectivity index (χ3n) is 9.37. The lowest BCUT2D eigenvalue weighted by molar-refractivity contribution is -0.0312. The van der Waals surface area contributed by atoms with E-state index < -0.39 is 42.9 Å². The van der Waals surface area contributed by atoms with Crippen LogP contribution in [0.2, 0.25) is 0 Å². The van der Waals surface area contributed by atoms with Crippen molar-refractivity contribution in [3.8, 4) is 5.75 Å². The lowest BCUT2D eigenvalue weighted by Crippen LogP contribution is -2.47. The summed E-state index contributed by atoms with van der Waals surface area (Å²) in [5.74, 6) is 0.322. The number of aryl methyl sites for hydroxylation is 1. The van der Waals surface area contributed by atoms with Gasteiger partial charge in [-0.15, -0.1) is 0 Å². The molecular weight excluding hydrogens is 622 g/mol. The first-order chi connectivity index (χ1) is 21.4. The number of benzene rings is 2. The Kier molecular flexibility index (Phi) is 8.61. The van der Waals surface area contributed by atoms with Crippen LogP contribution in [-0.4, -0.2) is 98.3 Å². The van der Waals surface area contributed by atoms with Crippen molar-refractivity contribution in [1.82, 2.24) is 14.6 Å². The Hall–Kier alpha value is -2.85. The molecule has 1 aliphatic carbocycles. The number of H-pyrrole nitrogens is 1. The number of aromatic nitrogens is 1. The average molecular weight is 662 g/mol. The molecule has 3 heterocycles. The monoisotopic (exact) mass is 661 g/mol. The molecule has 0 radical (unpaired) electrons. The van der Waals surface area contributed by atoms with Crippen molar-refractivity contribution in [2.24, 2.45) is 0 Å². The molecule has 6 rings (SSSR count). The number of pyridine rings is 1. The van der Waals surface area contributed by atoms with Crippen LogP contribution in [0.5, 0.6) is 5.75 Å². The molecule has 0 amide bonds. The minimum Gasteiger partial charge on any atom is -0.491 e. The normalized spacial score (nSPS) is 22.1. The Morgan fingerprint density at radius 2 is 1.82 bits per heavy atom. The zero-order valence-corrected chi connectivity index (χ0v) is 26.7. The molecule has 2 unspecified atom stereocenters. The number of sulfonamides is 1. The minimum atomic E-state index is -3.73. The first-order valence-corrected chi connectivity index (χ1v) is 18.1. The van der Waals surface area contributed by atoms with E-state index in [0.29, 0.717) is 74.0 Å². The Morgan fingerprint density at radius 1 is 1.07 bits per heavy atom. The molecule has 2 aliphatic heterocycles. The summed E-state index contributed by atoms with van der Waals surface area (Å²) in [6.07, 6.45) is 1.79. The van der Waals surface area contributed by atoms with E-state index in [1.54, 1.807) is 31.2 Å². The van der Waals surface area contributed by atoms with Gasteiger partial charge < -0.3 is 30.0 Å². The second-order valence-corrected chi connectivity index (χ2v) is 16.8. The van der Waals surface area contributed by atoms with Crippen LogP contribution in [0, 0.1) is 6.92 Å². The molecule has 3 aliphatic rings. The maximum absolute atomic E-state index is 13.5. The smallest absolute Gasteiger partial charge is 0.248 e. The molecule has 0 bridgehead atoms. The highest BCUT2D eigenvalue weighted by Crippen LogP contribution is 2.46. The fourth-order valence-electron chi connectivity index (χ4n) is 6.36. The zero-order valence-electron chi connectivity index (χ0n) is 25.1. The number of nitrogens with zero attached hydrogens (tertiary/aromatic N) is 1. The quantitative estimate of drug-likeness (QED) is 0.236. The fraction of sp³-hybridized carbons (Fsp3) is 0.516. The highest BCUT2D eigenvalue weighted by molar-refractivity contribution is 7.93. The number of hydrogen-bond donors (Lipinski definition) is 4. The summed E-state index contributed by atoms with van der Waals surface area (Å²) in [5, 5.41) is 24.1. The van der Waals surface area contributed by atoms with Crippen LogP contribution >= 0.6 is 0 Å². The summed E-state index contributed by atoms with van der Waals surface area (Å²) in [6.45, 7) is 2.65. The van der Waals surface area contributed by atoms with Crippen LogP contribution < -0.4 is 15.6 Å². The van der Waals surface area contributed by atoms with Gasteiger partial charge in [0.05, 0.1) is 33.4 Å². The van der Waals surface area contributed by atoms with Gasteiger partial charge in [0.1, 0.15) is 18.5 Å². The van der Waals surface area contributed by atoms with E-state index in [1.165, 1.54) is 28.6 Å². The topological polar surface area (TPSA) is 175 Å². The number of aliphatic hydroxyl groups is 2. The second kappa shape index (κ2) is 12.1. The number of rotatable bonds is 11. The third-order valence-corrected chi connectivity index (χ3v) is 13.8. The molecule has 2 atom stereocenters. The van der Waals surface area contributed by atoms with Gasteiger partial charge in [-0.2, -0.15) is 4.31 Å². The van der Waals surface area contributed by atoms with Gasteiger partial charge in [-0.05, 0) is 81.0 Å². The standard InChI is InChI=1S/C31H39N3O9S2/c1-21-13-29(37)33-28-6-5-26(15-27(21)28)45(40,41)34-11-9-30(10-12-34)16-22(18-43-30)32-17-23(36)19-42-24-3-2-4-25(14-24)44(38,39)31(20-35)7-8-31/h2-6,13-15,22-23,32,35-36H,7-12,16-20H2,1H3,(H,33,37). The molecule has 2 aromatic carbocycles. The first-order valence-electron chi connectivity index (χ1n) is 15.1. The summed E-state index contributed by atoms with van der Waals surface area (Å²) in [7, 11) is -7.41. The molecule has 3 aromatic rings. The Balaban J connectivity index is 0.984. The van der Waals surface area contributed by atoms with Gasteiger partial charge >= 0.3 is 0 Å². The van der Waals surface area contributed by atoms with Crippen molar-refractivity contribution in [2.75, 3.05) is 39.5 Å². The number of aliphatic hydroxyl groups excluding tert-OH is 2.